The van der Waals surface area contributed by atoms with Crippen LogP contribution in [0.2, 0.25) is 0 Å². The third kappa shape index (κ3) is 4.12. The number of pyridine rings is 1. The van der Waals surface area contributed by atoms with E-state index in [1.165, 1.54) is 12.3 Å². The number of methoxy groups -OCH3 is 1. The van der Waals surface area contributed by atoms with Gasteiger partial charge in [0.05, 0.1) is 23.5 Å². The van der Waals surface area contributed by atoms with Gasteiger partial charge in [0.1, 0.15) is 0 Å². The third-order valence-electron chi connectivity index (χ3n) is 3.20. The number of hydrogen-bond acceptors (Lipinski definition) is 6. The summed E-state index contributed by atoms with van der Waals surface area (Å²) in [6.07, 6.45) is 3.99. The van der Waals surface area contributed by atoms with Crippen LogP contribution in [-0.2, 0) is 9.47 Å². The standard InChI is InChI=1S/C15H19N3O4/c1-21-9-10-22-8-2-6-17-14-3-4-15(18(19)20)13-11-16-7-5-12(13)14/h3-5,7,11,17H,2,6,8-10H2,1H3. The van der Waals surface area contributed by atoms with E-state index in [0.29, 0.717) is 25.2 Å². The summed E-state index contributed by atoms with van der Waals surface area (Å²) in [6, 6.07) is 5.01. The molecule has 7 nitrogen and oxygen atoms in total. The molecule has 2 aromatic rings. The minimum absolute atomic E-state index is 0.0662. The first kappa shape index (κ1) is 16.1. The van der Waals surface area contributed by atoms with Gasteiger partial charge in [-0.05, 0) is 18.6 Å². The summed E-state index contributed by atoms with van der Waals surface area (Å²) in [7, 11) is 1.64. The number of hydrogen-bond donors (Lipinski definition) is 1. The maximum atomic E-state index is 11.0. The Morgan fingerprint density at radius 1 is 1.23 bits per heavy atom. The molecular weight excluding hydrogens is 286 g/mol. The van der Waals surface area contributed by atoms with Crippen molar-refractivity contribution < 1.29 is 14.4 Å². The number of ether oxygens (including phenoxy) is 2. The predicted molar refractivity (Wildman–Crippen MR) is 84.2 cm³/mol. The highest BCUT2D eigenvalue weighted by Crippen LogP contribution is 2.30. The Kier molecular flexibility index (Phi) is 6.05. The lowest BCUT2D eigenvalue weighted by Gasteiger charge is -2.10. The van der Waals surface area contributed by atoms with Crippen molar-refractivity contribution in [2.45, 2.75) is 6.42 Å². The molecule has 22 heavy (non-hydrogen) atoms. The third-order valence-corrected chi connectivity index (χ3v) is 3.20. The first-order valence-electron chi connectivity index (χ1n) is 7.05. The maximum absolute atomic E-state index is 11.0. The van der Waals surface area contributed by atoms with Crippen LogP contribution in [0.4, 0.5) is 11.4 Å². The van der Waals surface area contributed by atoms with Gasteiger partial charge in [-0.3, -0.25) is 15.1 Å². The second-order valence-corrected chi connectivity index (χ2v) is 4.70. The topological polar surface area (TPSA) is 86.5 Å². The van der Waals surface area contributed by atoms with E-state index in [9.17, 15) is 10.1 Å². The molecular formula is C15H19N3O4. The largest absolute Gasteiger partial charge is 0.384 e. The van der Waals surface area contributed by atoms with Crippen LogP contribution in [-0.4, -0.2) is 43.4 Å². The van der Waals surface area contributed by atoms with Crippen LogP contribution in [0.25, 0.3) is 10.8 Å². The highest BCUT2D eigenvalue weighted by molar-refractivity contribution is 5.99. The minimum Gasteiger partial charge on any atom is -0.384 e. The number of nitro groups is 1. The molecule has 0 unspecified atom stereocenters. The van der Waals surface area contributed by atoms with Gasteiger partial charge in [0.2, 0.25) is 0 Å². The second kappa shape index (κ2) is 8.26. The number of nitrogens with one attached hydrogen (secondary N) is 1. The molecule has 1 aromatic carbocycles. The Labute approximate surface area is 128 Å². The molecule has 1 N–H and O–H groups in total. The summed E-state index contributed by atoms with van der Waals surface area (Å²) in [6.45, 7) is 2.54. The van der Waals surface area contributed by atoms with E-state index in [1.807, 2.05) is 0 Å². The number of benzene rings is 1. The molecule has 0 atom stereocenters. The van der Waals surface area contributed by atoms with Gasteiger partial charge in [0.15, 0.2) is 0 Å². The quantitative estimate of drug-likeness (QED) is 0.435. The van der Waals surface area contributed by atoms with E-state index >= 15 is 0 Å². The van der Waals surface area contributed by atoms with Crippen molar-refractivity contribution in [1.82, 2.24) is 4.98 Å². The molecule has 0 aliphatic heterocycles. The zero-order chi connectivity index (χ0) is 15.8. The van der Waals surface area contributed by atoms with Gasteiger partial charge in [0.25, 0.3) is 5.69 Å². The van der Waals surface area contributed by atoms with E-state index < -0.39 is 4.92 Å². The monoisotopic (exact) mass is 305 g/mol. The summed E-state index contributed by atoms with van der Waals surface area (Å²) in [4.78, 5) is 14.6. The number of nitro benzene ring substituents is 1. The number of anilines is 1. The summed E-state index contributed by atoms with van der Waals surface area (Å²) in [5, 5.41) is 15.7. The van der Waals surface area contributed by atoms with Gasteiger partial charge in [-0.1, -0.05) is 0 Å². The Balaban J connectivity index is 1.97. The molecule has 0 aliphatic rings. The fourth-order valence-corrected chi connectivity index (χ4v) is 2.13. The lowest BCUT2D eigenvalue weighted by atomic mass is 10.1. The van der Waals surface area contributed by atoms with Gasteiger partial charge < -0.3 is 14.8 Å². The van der Waals surface area contributed by atoms with E-state index in [1.54, 1.807) is 25.4 Å². The van der Waals surface area contributed by atoms with Crippen LogP contribution >= 0.6 is 0 Å². The van der Waals surface area contributed by atoms with Crippen LogP contribution in [0.3, 0.4) is 0 Å². The molecule has 0 spiro atoms. The Morgan fingerprint density at radius 2 is 2.09 bits per heavy atom. The number of non-ortho nitro benzene ring substituents is 1. The Hall–Kier alpha value is -2.25. The van der Waals surface area contributed by atoms with Crippen molar-refractivity contribution >= 4 is 22.1 Å². The van der Waals surface area contributed by atoms with Crippen LogP contribution in [0, 0.1) is 10.1 Å². The number of aromatic nitrogens is 1. The molecule has 0 fully saturated rings. The summed E-state index contributed by atoms with van der Waals surface area (Å²) >= 11 is 0. The fraction of sp³-hybridized carbons (Fsp3) is 0.400. The first-order valence-corrected chi connectivity index (χ1v) is 7.05. The molecule has 0 aliphatic carbocycles. The smallest absolute Gasteiger partial charge is 0.278 e. The van der Waals surface area contributed by atoms with Crippen molar-refractivity contribution in [3.05, 3.63) is 40.7 Å². The van der Waals surface area contributed by atoms with Crippen LogP contribution in [0.15, 0.2) is 30.6 Å². The molecule has 0 saturated carbocycles. The van der Waals surface area contributed by atoms with E-state index in [4.69, 9.17) is 9.47 Å². The SMILES string of the molecule is COCCOCCCNc1ccc([N+](=O)[O-])c2cnccc12. The lowest BCUT2D eigenvalue weighted by molar-refractivity contribution is -0.383. The van der Waals surface area contributed by atoms with Crippen molar-refractivity contribution in [2.24, 2.45) is 0 Å². The molecule has 7 heteroatoms. The normalized spacial score (nSPS) is 10.8. The first-order chi connectivity index (χ1) is 10.7. The van der Waals surface area contributed by atoms with Crippen LogP contribution in [0.5, 0.6) is 0 Å². The zero-order valence-electron chi connectivity index (χ0n) is 12.4. The van der Waals surface area contributed by atoms with Crippen molar-refractivity contribution in [2.75, 3.05) is 38.8 Å². The number of nitrogens with zero attached hydrogens (tertiary/aromatic N) is 2. The molecule has 2 rings (SSSR count). The van der Waals surface area contributed by atoms with Gasteiger partial charge in [-0.15, -0.1) is 0 Å². The summed E-state index contributed by atoms with van der Waals surface area (Å²) in [5.41, 5.74) is 0.927. The van der Waals surface area contributed by atoms with Crippen molar-refractivity contribution in [3.63, 3.8) is 0 Å². The molecule has 1 aromatic heterocycles. The molecule has 0 radical (unpaired) electrons. The number of rotatable bonds is 9. The summed E-state index contributed by atoms with van der Waals surface area (Å²) < 4.78 is 10.3. The van der Waals surface area contributed by atoms with Crippen LogP contribution in [0.1, 0.15) is 6.42 Å². The zero-order valence-corrected chi connectivity index (χ0v) is 12.4. The summed E-state index contributed by atoms with van der Waals surface area (Å²) in [5.74, 6) is 0. The highest BCUT2D eigenvalue weighted by Gasteiger charge is 2.13. The second-order valence-electron chi connectivity index (χ2n) is 4.70. The van der Waals surface area contributed by atoms with E-state index in [2.05, 4.69) is 10.3 Å². The van der Waals surface area contributed by atoms with Gasteiger partial charge in [-0.25, -0.2) is 0 Å². The van der Waals surface area contributed by atoms with Gasteiger partial charge in [0, 0.05) is 49.8 Å². The van der Waals surface area contributed by atoms with Gasteiger partial charge in [-0.2, -0.15) is 0 Å². The molecule has 118 valence electrons. The van der Waals surface area contributed by atoms with Crippen LogP contribution < -0.4 is 5.32 Å². The molecule has 0 saturated heterocycles. The molecule has 0 bridgehead atoms. The predicted octanol–water partition coefficient (Wildman–Crippen LogP) is 2.61. The lowest BCUT2D eigenvalue weighted by Crippen LogP contribution is -2.08. The van der Waals surface area contributed by atoms with Gasteiger partial charge >= 0.3 is 0 Å². The minimum atomic E-state index is -0.391. The average molecular weight is 305 g/mol. The van der Waals surface area contributed by atoms with Crippen molar-refractivity contribution in [3.8, 4) is 0 Å². The highest BCUT2D eigenvalue weighted by atomic mass is 16.6. The Bertz CT molecular complexity index is 633. The average Bonchev–Trinajstić information content (AvgIpc) is 2.53. The number of fused-ring (bicyclic) bond motifs is 1. The maximum Gasteiger partial charge on any atom is 0.278 e. The fourth-order valence-electron chi connectivity index (χ4n) is 2.13. The molecule has 1 heterocycles. The Morgan fingerprint density at radius 3 is 2.86 bits per heavy atom. The molecule has 0 amide bonds. The van der Waals surface area contributed by atoms with Crippen molar-refractivity contribution in [1.29, 1.82) is 0 Å². The van der Waals surface area contributed by atoms with E-state index in [0.717, 1.165) is 24.0 Å². The van der Waals surface area contributed by atoms with E-state index in [-0.39, 0.29) is 5.69 Å².